The van der Waals surface area contributed by atoms with Crippen LogP contribution in [0.1, 0.15) is 142 Å². The summed E-state index contributed by atoms with van der Waals surface area (Å²) in [5.41, 5.74) is 0. The third-order valence-corrected chi connectivity index (χ3v) is 6.65. The van der Waals surface area contributed by atoms with E-state index in [0.29, 0.717) is 12.8 Å². The summed E-state index contributed by atoms with van der Waals surface area (Å²) in [6.45, 7) is 4.46. The van der Waals surface area contributed by atoms with E-state index in [4.69, 9.17) is 0 Å². The highest BCUT2D eigenvalue weighted by Gasteiger charge is 2.08. The first-order chi connectivity index (χ1) is 21.7. The number of rotatable bonds is 28. The molecule has 0 N–H and O–H groups in total. The molecule has 0 bridgehead atoms. The smallest absolute Gasteiger partial charge is 0.247 e. The summed E-state index contributed by atoms with van der Waals surface area (Å²) in [7, 11) is 0. The molecular weight excluding hydrogens is 544 g/mol. The van der Waals surface area contributed by atoms with Crippen molar-refractivity contribution in [1.29, 1.82) is 0 Å². The van der Waals surface area contributed by atoms with E-state index in [9.17, 15) is 9.59 Å². The number of hydrogen-bond donors (Lipinski definition) is 0. The molecule has 0 rings (SSSR count). The van der Waals surface area contributed by atoms with Gasteiger partial charge < -0.3 is 0 Å². The van der Waals surface area contributed by atoms with Crippen LogP contribution in [-0.2, 0) is 19.4 Å². The zero-order chi connectivity index (χ0) is 32.0. The Kier molecular flexibility index (Phi) is 33.5. The van der Waals surface area contributed by atoms with Gasteiger partial charge in [0.25, 0.3) is 0 Å². The zero-order valence-corrected chi connectivity index (χ0v) is 28.0. The summed E-state index contributed by atoms with van der Waals surface area (Å²) < 4.78 is 0. The number of carbonyl (C=O) groups is 2. The third-order valence-electron chi connectivity index (χ3n) is 6.65. The number of unbranched alkanes of at least 4 members (excludes halogenated alkanes) is 8. The highest BCUT2D eigenvalue weighted by Crippen LogP contribution is 2.05. The highest BCUT2D eigenvalue weighted by molar-refractivity contribution is 5.72. The van der Waals surface area contributed by atoms with Crippen molar-refractivity contribution in [3.05, 3.63) is 97.2 Å². The van der Waals surface area contributed by atoms with Crippen LogP contribution in [0.4, 0.5) is 0 Å². The molecule has 0 heterocycles. The second kappa shape index (κ2) is 36.1. The Hall–Kier alpha value is -3.14. The Morgan fingerprint density at radius 1 is 0.364 bits per heavy atom. The van der Waals surface area contributed by atoms with Crippen molar-refractivity contribution in [3.63, 3.8) is 0 Å². The van der Waals surface area contributed by atoms with Crippen molar-refractivity contribution in [2.45, 2.75) is 142 Å². The van der Waals surface area contributed by atoms with Gasteiger partial charge in [-0.1, -0.05) is 137 Å². The standard InChI is InChI=1S/C40H62O4/c1-3-5-7-9-11-13-15-17-19-21-23-25-27-29-31-33-35-37-39(41)43-44-40(42)38-36-34-32-30-28-26-24-22-20-18-16-14-12-10-8-6-4-2/h11-14,17-20,23-26,29-32H,3-10,15-16,21-22,27-28,33-38H2,1-2H3. The first-order valence-electron chi connectivity index (χ1n) is 17.3. The maximum Gasteiger partial charge on any atom is 0.355 e. The van der Waals surface area contributed by atoms with Crippen LogP contribution in [0.2, 0.25) is 0 Å². The highest BCUT2D eigenvalue weighted by atomic mass is 17.2. The van der Waals surface area contributed by atoms with Crippen molar-refractivity contribution < 1.29 is 19.4 Å². The minimum Gasteiger partial charge on any atom is -0.247 e. The minimum absolute atomic E-state index is 0.230. The summed E-state index contributed by atoms with van der Waals surface area (Å²) in [6, 6.07) is 0. The molecule has 0 aliphatic heterocycles. The Morgan fingerprint density at radius 3 is 0.886 bits per heavy atom. The summed E-state index contributed by atoms with van der Waals surface area (Å²) in [5, 5.41) is 0. The van der Waals surface area contributed by atoms with Crippen LogP contribution in [-0.4, -0.2) is 11.9 Å². The molecule has 4 heteroatoms. The Morgan fingerprint density at radius 2 is 0.614 bits per heavy atom. The van der Waals surface area contributed by atoms with Gasteiger partial charge in [-0.15, -0.1) is 0 Å². The van der Waals surface area contributed by atoms with Crippen LogP contribution in [0.15, 0.2) is 97.2 Å². The lowest BCUT2D eigenvalue weighted by Gasteiger charge is -2.02. The fourth-order valence-electron chi connectivity index (χ4n) is 4.03. The summed E-state index contributed by atoms with van der Waals surface area (Å²) in [5.74, 6) is -1.01. The van der Waals surface area contributed by atoms with Crippen LogP contribution in [0.5, 0.6) is 0 Å². The van der Waals surface area contributed by atoms with Crippen LogP contribution in [0.25, 0.3) is 0 Å². The van der Waals surface area contributed by atoms with Gasteiger partial charge in [0.1, 0.15) is 0 Å². The van der Waals surface area contributed by atoms with Crippen molar-refractivity contribution in [3.8, 4) is 0 Å². The summed E-state index contributed by atoms with van der Waals surface area (Å²) in [4.78, 5) is 32.8. The normalized spacial score (nSPS) is 12.7. The van der Waals surface area contributed by atoms with Gasteiger partial charge in [-0.05, 0) is 89.9 Å². The molecule has 0 aromatic carbocycles. The minimum atomic E-state index is -0.505. The van der Waals surface area contributed by atoms with E-state index in [-0.39, 0.29) is 12.8 Å². The number of hydrogen-bond acceptors (Lipinski definition) is 4. The van der Waals surface area contributed by atoms with Gasteiger partial charge in [0.05, 0.1) is 12.8 Å². The predicted octanol–water partition coefficient (Wildman–Crippen LogP) is 12.3. The summed E-state index contributed by atoms with van der Waals surface area (Å²) in [6.07, 6.45) is 54.0. The largest absolute Gasteiger partial charge is 0.355 e. The van der Waals surface area contributed by atoms with E-state index < -0.39 is 11.9 Å². The first kappa shape index (κ1) is 40.9. The Labute approximate surface area is 270 Å². The van der Waals surface area contributed by atoms with Crippen molar-refractivity contribution in [1.82, 2.24) is 0 Å². The van der Waals surface area contributed by atoms with Crippen LogP contribution < -0.4 is 0 Å². The SMILES string of the molecule is CCCCCC=CCC=CCC=CCC=CCCCC(=O)OOC(=O)CCCC=CCC=CCC=CCC=CCCCCC. The lowest BCUT2D eigenvalue weighted by Crippen LogP contribution is -2.10. The second-order valence-electron chi connectivity index (χ2n) is 10.9. The van der Waals surface area contributed by atoms with Crippen molar-refractivity contribution >= 4 is 11.9 Å². The van der Waals surface area contributed by atoms with E-state index in [1.54, 1.807) is 0 Å². The molecule has 0 aromatic heterocycles. The topological polar surface area (TPSA) is 52.6 Å². The van der Waals surface area contributed by atoms with Gasteiger partial charge in [-0.25, -0.2) is 19.4 Å². The molecule has 0 atom stereocenters. The number of carbonyl (C=O) groups excluding carboxylic acids is 2. The molecule has 0 spiro atoms. The van der Waals surface area contributed by atoms with Gasteiger partial charge in [0.2, 0.25) is 0 Å². The molecule has 4 nitrogen and oxygen atoms in total. The van der Waals surface area contributed by atoms with E-state index in [0.717, 1.165) is 51.4 Å². The average Bonchev–Trinajstić information content (AvgIpc) is 3.03. The molecule has 0 saturated heterocycles. The van der Waals surface area contributed by atoms with E-state index in [2.05, 4.69) is 121 Å². The quantitative estimate of drug-likeness (QED) is 0.0385. The van der Waals surface area contributed by atoms with Crippen LogP contribution in [0.3, 0.4) is 0 Å². The van der Waals surface area contributed by atoms with E-state index in [1.165, 1.54) is 51.4 Å². The number of allylic oxidation sites excluding steroid dienone is 16. The van der Waals surface area contributed by atoms with Crippen molar-refractivity contribution in [2.75, 3.05) is 0 Å². The molecule has 0 aromatic rings. The van der Waals surface area contributed by atoms with Gasteiger partial charge in [0, 0.05) is 0 Å². The summed E-state index contributed by atoms with van der Waals surface area (Å²) >= 11 is 0. The Balaban J connectivity index is 3.62. The predicted molar refractivity (Wildman–Crippen MR) is 189 cm³/mol. The van der Waals surface area contributed by atoms with Crippen LogP contribution >= 0.6 is 0 Å². The molecule has 0 aliphatic rings. The third kappa shape index (κ3) is 35.1. The average molecular weight is 607 g/mol. The maximum atomic E-state index is 11.8. The molecule has 0 aliphatic carbocycles. The van der Waals surface area contributed by atoms with Gasteiger partial charge in [-0.2, -0.15) is 0 Å². The van der Waals surface area contributed by atoms with Gasteiger partial charge in [0.15, 0.2) is 0 Å². The van der Waals surface area contributed by atoms with E-state index >= 15 is 0 Å². The molecule has 0 radical (unpaired) electrons. The molecule has 246 valence electrons. The van der Waals surface area contributed by atoms with Gasteiger partial charge in [-0.3, -0.25) is 0 Å². The molecule has 0 saturated carbocycles. The lowest BCUT2D eigenvalue weighted by atomic mass is 10.2. The molecule has 44 heavy (non-hydrogen) atoms. The Bertz CT molecular complexity index is 824. The fourth-order valence-corrected chi connectivity index (χ4v) is 4.03. The van der Waals surface area contributed by atoms with Gasteiger partial charge >= 0.3 is 11.9 Å². The molecule has 0 fully saturated rings. The zero-order valence-electron chi connectivity index (χ0n) is 28.0. The maximum absolute atomic E-state index is 11.8. The van der Waals surface area contributed by atoms with Crippen molar-refractivity contribution in [2.24, 2.45) is 0 Å². The first-order valence-corrected chi connectivity index (χ1v) is 17.3. The molecular formula is C40H62O4. The second-order valence-corrected chi connectivity index (χ2v) is 10.9. The molecule has 0 unspecified atom stereocenters. The van der Waals surface area contributed by atoms with E-state index in [1.807, 2.05) is 0 Å². The lowest BCUT2D eigenvalue weighted by molar-refractivity contribution is -0.259. The van der Waals surface area contributed by atoms with Crippen LogP contribution in [0, 0.1) is 0 Å². The molecule has 0 amide bonds. The fraction of sp³-hybridized carbons (Fsp3) is 0.550. The monoisotopic (exact) mass is 606 g/mol.